The number of aryl methyl sites for hydroxylation is 1. The summed E-state index contributed by atoms with van der Waals surface area (Å²) < 4.78 is 2.37. The predicted molar refractivity (Wildman–Crippen MR) is 81.2 cm³/mol. The second-order valence-corrected chi connectivity index (χ2v) is 6.88. The molecule has 1 aromatic heterocycles. The van der Waals surface area contributed by atoms with Crippen LogP contribution in [0.4, 0.5) is 0 Å². The molecular weight excluding hydrogens is 252 g/mol. The summed E-state index contributed by atoms with van der Waals surface area (Å²) in [7, 11) is 0. The lowest BCUT2D eigenvalue weighted by atomic mass is 10.0. The molecule has 0 spiro atoms. The Morgan fingerprint density at radius 1 is 1.11 bits per heavy atom. The van der Waals surface area contributed by atoms with Crippen molar-refractivity contribution in [2.24, 2.45) is 0 Å². The Balaban J connectivity index is 2.11. The van der Waals surface area contributed by atoms with E-state index >= 15 is 0 Å². The first-order chi connectivity index (χ1) is 9.25. The summed E-state index contributed by atoms with van der Waals surface area (Å²) in [5.74, 6) is 0. The van der Waals surface area contributed by atoms with Crippen LogP contribution in [0, 0.1) is 0 Å². The van der Waals surface area contributed by atoms with Crippen molar-refractivity contribution in [1.29, 1.82) is 0 Å². The number of aromatic nitrogens is 2. The summed E-state index contributed by atoms with van der Waals surface area (Å²) in [6.45, 7) is 4.46. The van der Waals surface area contributed by atoms with E-state index in [4.69, 9.17) is 4.98 Å². The molecule has 1 heterocycles. The summed E-state index contributed by atoms with van der Waals surface area (Å²) in [4.78, 5) is 4.89. The number of thioether (sulfide) groups is 1. The molecule has 0 atom stereocenters. The van der Waals surface area contributed by atoms with Gasteiger partial charge in [-0.2, -0.15) is 0 Å². The van der Waals surface area contributed by atoms with Gasteiger partial charge >= 0.3 is 0 Å². The molecule has 0 bridgehead atoms. The third kappa shape index (κ3) is 2.57. The molecule has 2 aromatic rings. The topological polar surface area (TPSA) is 17.8 Å². The summed E-state index contributed by atoms with van der Waals surface area (Å²) >= 11 is 1.87. The first kappa shape index (κ1) is 12.8. The minimum Gasteiger partial charge on any atom is -0.292 e. The highest BCUT2D eigenvalue weighted by Crippen LogP contribution is 2.32. The highest BCUT2D eigenvalue weighted by molar-refractivity contribution is 7.99. The van der Waals surface area contributed by atoms with Gasteiger partial charge in [-0.3, -0.25) is 4.57 Å². The zero-order chi connectivity index (χ0) is 13.2. The van der Waals surface area contributed by atoms with E-state index in [9.17, 15) is 0 Å². The highest BCUT2D eigenvalue weighted by atomic mass is 32.2. The molecule has 0 N–H and O–H groups in total. The van der Waals surface area contributed by atoms with E-state index in [0.717, 1.165) is 18.0 Å². The number of rotatable bonds is 3. The molecular formula is C16H20N2S. The first-order valence-electron chi connectivity index (χ1n) is 7.08. The third-order valence-electron chi connectivity index (χ3n) is 3.46. The largest absolute Gasteiger partial charge is 0.292 e. The van der Waals surface area contributed by atoms with Gasteiger partial charge in [0, 0.05) is 16.6 Å². The standard InChI is InChI=1S/C16H20N2S/c1-12(2)19-16-17-14-10-6-7-11-15(14)18(16)13-8-4-3-5-9-13/h3-5,8-9,12H,6-7,10-11H2,1-2H3. The molecule has 1 aromatic carbocycles. The van der Waals surface area contributed by atoms with Crippen molar-refractivity contribution < 1.29 is 0 Å². The second kappa shape index (κ2) is 5.41. The summed E-state index contributed by atoms with van der Waals surface area (Å²) in [5.41, 5.74) is 4.00. The molecule has 1 aliphatic rings. The van der Waals surface area contributed by atoms with Gasteiger partial charge in [0.25, 0.3) is 0 Å². The van der Waals surface area contributed by atoms with Crippen LogP contribution in [0.1, 0.15) is 38.1 Å². The molecule has 0 amide bonds. The van der Waals surface area contributed by atoms with E-state index < -0.39 is 0 Å². The van der Waals surface area contributed by atoms with Crippen LogP contribution in [0.25, 0.3) is 5.69 Å². The molecule has 19 heavy (non-hydrogen) atoms. The van der Waals surface area contributed by atoms with Crippen LogP contribution in [0.3, 0.4) is 0 Å². The van der Waals surface area contributed by atoms with Crippen LogP contribution in [0.5, 0.6) is 0 Å². The number of fused-ring (bicyclic) bond motifs is 1. The van der Waals surface area contributed by atoms with Gasteiger partial charge in [0.2, 0.25) is 0 Å². The van der Waals surface area contributed by atoms with Crippen LogP contribution in [-0.2, 0) is 12.8 Å². The molecule has 0 aliphatic heterocycles. The maximum Gasteiger partial charge on any atom is 0.173 e. The van der Waals surface area contributed by atoms with Gasteiger partial charge in [-0.25, -0.2) is 4.98 Å². The van der Waals surface area contributed by atoms with Gasteiger partial charge in [0.05, 0.1) is 5.69 Å². The van der Waals surface area contributed by atoms with Gasteiger partial charge in [0.1, 0.15) is 0 Å². The Labute approximate surface area is 119 Å². The number of imidazole rings is 1. The summed E-state index contributed by atoms with van der Waals surface area (Å²) in [6, 6.07) is 10.6. The number of para-hydroxylation sites is 1. The molecule has 2 nitrogen and oxygen atoms in total. The number of nitrogens with zero attached hydrogens (tertiary/aromatic N) is 2. The van der Waals surface area contributed by atoms with E-state index in [1.54, 1.807) is 0 Å². The van der Waals surface area contributed by atoms with Gasteiger partial charge in [-0.15, -0.1) is 0 Å². The average molecular weight is 272 g/mol. The van der Waals surface area contributed by atoms with Gasteiger partial charge in [-0.05, 0) is 37.8 Å². The Morgan fingerprint density at radius 2 is 1.84 bits per heavy atom. The van der Waals surface area contributed by atoms with E-state index in [-0.39, 0.29) is 0 Å². The van der Waals surface area contributed by atoms with Crippen LogP contribution in [0.15, 0.2) is 35.5 Å². The van der Waals surface area contributed by atoms with Crippen molar-refractivity contribution in [3.63, 3.8) is 0 Å². The number of hydrogen-bond donors (Lipinski definition) is 0. The van der Waals surface area contributed by atoms with Crippen molar-refractivity contribution in [2.45, 2.75) is 49.9 Å². The van der Waals surface area contributed by atoms with Crippen molar-refractivity contribution >= 4 is 11.8 Å². The lowest BCUT2D eigenvalue weighted by Crippen LogP contribution is -2.07. The SMILES string of the molecule is CC(C)Sc1nc2c(n1-c1ccccc1)CCCC2. The van der Waals surface area contributed by atoms with Crippen LogP contribution < -0.4 is 0 Å². The monoisotopic (exact) mass is 272 g/mol. The van der Waals surface area contributed by atoms with Crippen molar-refractivity contribution in [1.82, 2.24) is 9.55 Å². The lowest BCUT2D eigenvalue weighted by molar-refractivity contribution is 0.654. The van der Waals surface area contributed by atoms with Crippen molar-refractivity contribution in [3.05, 3.63) is 41.7 Å². The Kier molecular flexibility index (Phi) is 3.65. The van der Waals surface area contributed by atoms with E-state index in [1.165, 1.54) is 29.9 Å². The van der Waals surface area contributed by atoms with E-state index in [0.29, 0.717) is 5.25 Å². The Morgan fingerprint density at radius 3 is 2.58 bits per heavy atom. The molecule has 3 heteroatoms. The summed E-state index contributed by atoms with van der Waals surface area (Å²) in [5, 5.41) is 1.72. The third-order valence-corrected chi connectivity index (χ3v) is 4.41. The van der Waals surface area contributed by atoms with Crippen LogP contribution >= 0.6 is 11.8 Å². The maximum absolute atomic E-state index is 4.89. The molecule has 0 fully saturated rings. The molecule has 1 aliphatic carbocycles. The zero-order valence-corrected chi connectivity index (χ0v) is 12.4. The van der Waals surface area contributed by atoms with Gasteiger partial charge in [-0.1, -0.05) is 43.8 Å². The molecule has 3 rings (SSSR count). The normalized spacial score (nSPS) is 14.7. The Bertz CT molecular complexity index is 558. The number of hydrogen-bond acceptors (Lipinski definition) is 2. The van der Waals surface area contributed by atoms with Crippen molar-refractivity contribution in [3.8, 4) is 5.69 Å². The van der Waals surface area contributed by atoms with Crippen LogP contribution in [0.2, 0.25) is 0 Å². The minimum atomic E-state index is 0.561. The molecule has 0 saturated heterocycles. The molecule has 0 saturated carbocycles. The fourth-order valence-corrected chi connectivity index (χ4v) is 3.55. The lowest BCUT2D eigenvalue weighted by Gasteiger charge is -2.15. The quantitative estimate of drug-likeness (QED) is 0.777. The fraction of sp³-hybridized carbons (Fsp3) is 0.438. The maximum atomic E-state index is 4.89. The van der Waals surface area contributed by atoms with Crippen molar-refractivity contribution in [2.75, 3.05) is 0 Å². The Hall–Kier alpha value is -1.22. The minimum absolute atomic E-state index is 0.561. The second-order valence-electron chi connectivity index (χ2n) is 5.33. The van der Waals surface area contributed by atoms with Crippen LogP contribution in [-0.4, -0.2) is 14.8 Å². The fourth-order valence-electron chi connectivity index (χ4n) is 2.65. The van der Waals surface area contributed by atoms with Gasteiger partial charge in [0.15, 0.2) is 5.16 Å². The smallest absolute Gasteiger partial charge is 0.173 e. The zero-order valence-electron chi connectivity index (χ0n) is 11.6. The van der Waals surface area contributed by atoms with Gasteiger partial charge < -0.3 is 0 Å². The summed E-state index contributed by atoms with van der Waals surface area (Å²) in [6.07, 6.45) is 4.87. The predicted octanol–water partition coefficient (Wildman–Crippen LogP) is 4.25. The van der Waals surface area contributed by atoms with E-state index in [2.05, 4.69) is 48.7 Å². The average Bonchev–Trinajstić information content (AvgIpc) is 2.76. The molecule has 0 unspecified atom stereocenters. The first-order valence-corrected chi connectivity index (χ1v) is 7.96. The highest BCUT2D eigenvalue weighted by Gasteiger charge is 2.21. The van der Waals surface area contributed by atoms with E-state index in [1.807, 2.05) is 11.8 Å². The number of benzene rings is 1. The molecule has 100 valence electrons. The molecule has 0 radical (unpaired) electrons.